The van der Waals surface area contributed by atoms with E-state index in [-0.39, 0.29) is 30.7 Å². The molecule has 0 saturated carbocycles. The van der Waals surface area contributed by atoms with Crippen LogP contribution in [0.15, 0.2) is 34.7 Å². The van der Waals surface area contributed by atoms with Gasteiger partial charge < -0.3 is 14.6 Å². The maximum absolute atomic E-state index is 12.5. The summed E-state index contributed by atoms with van der Waals surface area (Å²) in [6, 6.07) is 10.3. The van der Waals surface area contributed by atoms with Crippen LogP contribution in [0.25, 0.3) is 11.3 Å². The van der Waals surface area contributed by atoms with Crippen molar-refractivity contribution in [3.05, 3.63) is 41.9 Å². The van der Waals surface area contributed by atoms with Crippen molar-refractivity contribution in [1.29, 1.82) is 0 Å². The number of benzene rings is 1. The number of hydrogen-bond donors (Lipinski definition) is 1. The summed E-state index contributed by atoms with van der Waals surface area (Å²) in [7, 11) is 1.93. The molecule has 0 aliphatic carbocycles. The Hall–Kier alpha value is -1.56. The highest BCUT2D eigenvalue weighted by Crippen LogP contribution is 2.25. The summed E-state index contributed by atoms with van der Waals surface area (Å²) >= 11 is 0. The Morgan fingerprint density at radius 3 is 2.73 bits per heavy atom. The number of oxazole rings is 1. The Balaban J connectivity index is 0.00000169. The number of carbonyl (C=O) groups excluding carboxylic acids is 1. The van der Waals surface area contributed by atoms with Crippen molar-refractivity contribution < 1.29 is 9.21 Å². The zero-order valence-electron chi connectivity index (χ0n) is 15.2. The molecular weight excluding hydrogens is 373 g/mol. The molecule has 2 aromatic rings. The van der Waals surface area contributed by atoms with Crippen LogP contribution in [0.3, 0.4) is 0 Å². The molecule has 1 aromatic carbocycles. The SMILES string of the molecule is CNCC1CCCN1C(=O)CCc1nc(C)c(-c2ccccc2)o1.Cl.Cl. The minimum Gasteiger partial charge on any atom is -0.440 e. The van der Waals surface area contributed by atoms with Crippen molar-refractivity contribution >= 4 is 30.7 Å². The van der Waals surface area contributed by atoms with Gasteiger partial charge in [-0.1, -0.05) is 30.3 Å². The Morgan fingerprint density at radius 1 is 1.31 bits per heavy atom. The van der Waals surface area contributed by atoms with E-state index in [1.165, 1.54) is 0 Å². The molecule has 0 spiro atoms. The third kappa shape index (κ3) is 5.22. The zero-order valence-corrected chi connectivity index (χ0v) is 16.9. The lowest BCUT2D eigenvalue weighted by molar-refractivity contribution is -0.131. The molecule has 0 bridgehead atoms. The van der Waals surface area contributed by atoms with Gasteiger partial charge >= 0.3 is 0 Å². The normalized spacial score (nSPS) is 16.1. The monoisotopic (exact) mass is 399 g/mol. The fraction of sp³-hybridized carbons (Fsp3) is 0.474. The average Bonchev–Trinajstić information content (AvgIpc) is 3.20. The fourth-order valence-electron chi connectivity index (χ4n) is 3.39. The molecule has 3 rings (SSSR count). The van der Waals surface area contributed by atoms with E-state index >= 15 is 0 Å². The topological polar surface area (TPSA) is 58.4 Å². The van der Waals surface area contributed by atoms with Crippen LogP contribution < -0.4 is 5.32 Å². The predicted octanol–water partition coefficient (Wildman–Crippen LogP) is 3.64. The maximum atomic E-state index is 12.5. The van der Waals surface area contributed by atoms with Crippen molar-refractivity contribution in [1.82, 2.24) is 15.2 Å². The van der Waals surface area contributed by atoms with Crippen LogP contribution in [0, 0.1) is 6.92 Å². The highest BCUT2D eigenvalue weighted by Gasteiger charge is 2.28. The average molecular weight is 400 g/mol. The molecule has 1 aliphatic rings. The Bertz CT molecular complexity index is 691. The molecule has 1 fully saturated rings. The van der Waals surface area contributed by atoms with Gasteiger partial charge in [0.05, 0.1) is 5.69 Å². The second-order valence-corrected chi connectivity index (χ2v) is 6.33. The smallest absolute Gasteiger partial charge is 0.223 e. The first-order chi connectivity index (χ1) is 11.7. The van der Waals surface area contributed by atoms with E-state index in [0.717, 1.165) is 42.9 Å². The molecular formula is C19H27Cl2N3O2. The zero-order chi connectivity index (χ0) is 16.9. The highest BCUT2D eigenvalue weighted by atomic mass is 35.5. The maximum Gasteiger partial charge on any atom is 0.223 e. The van der Waals surface area contributed by atoms with Gasteiger partial charge in [-0.25, -0.2) is 4.98 Å². The molecule has 1 aliphatic heterocycles. The standard InChI is InChI=1S/C19H25N3O2.2ClH/c1-14-19(15-7-4-3-5-8-15)24-17(21-14)10-11-18(23)22-12-6-9-16(22)13-20-2;;/h3-5,7-8,16,20H,6,9-13H2,1-2H3;2*1H. The van der Waals surface area contributed by atoms with Crippen LogP contribution in [0.1, 0.15) is 30.8 Å². The van der Waals surface area contributed by atoms with E-state index < -0.39 is 0 Å². The molecule has 1 amide bonds. The third-order valence-corrected chi connectivity index (χ3v) is 4.57. The molecule has 0 radical (unpaired) electrons. The molecule has 1 N–H and O–H groups in total. The van der Waals surface area contributed by atoms with E-state index in [1.54, 1.807) is 0 Å². The molecule has 1 atom stereocenters. The van der Waals surface area contributed by atoms with E-state index in [0.29, 0.717) is 24.8 Å². The lowest BCUT2D eigenvalue weighted by Crippen LogP contribution is -2.40. The van der Waals surface area contributed by atoms with Crippen LogP contribution in [0.4, 0.5) is 0 Å². The fourth-order valence-corrected chi connectivity index (χ4v) is 3.39. The van der Waals surface area contributed by atoms with Crippen molar-refractivity contribution in [3.8, 4) is 11.3 Å². The quantitative estimate of drug-likeness (QED) is 0.805. The van der Waals surface area contributed by atoms with Gasteiger partial charge in [0.2, 0.25) is 5.91 Å². The first kappa shape index (κ1) is 22.5. The molecule has 5 nitrogen and oxygen atoms in total. The number of nitrogens with one attached hydrogen (secondary N) is 1. The number of halogens is 2. The number of nitrogens with zero attached hydrogens (tertiary/aromatic N) is 2. The van der Waals surface area contributed by atoms with Crippen LogP contribution in [-0.4, -0.2) is 42.0 Å². The van der Waals surface area contributed by atoms with Gasteiger partial charge in [-0.15, -0.1) is 24.8 Å². The van der Waals surface area contributed by atoms with Gasteiger partial charge in [0.25, 0.3) is 0 Å². The summed E-state index contributed by atoms with van der Waals surface area (Å²) in [6.07, 6.45) is 3.18. The largest absolute Gasteiger partial charge is 0.440 e. The summed E-state index contributed by atoms with van der Waals surface area (Å²) in [5.74, 6) is 1.64. The van der Waals surface area contributed by atoms with Crippen LogP contribution >= 0.6 is 24.8 Å². The number of amides is 1. The van der Waals surface area contributed by atoms with Crippen molar-refractivity contribution in [3.63, 3.8) is 0 Å². The number of likely N-dealkylation sites (tertiary alicyclic amines) is 1. The molecule has 7 heteroatoms. The number of hydrogen-bond acceptors (Lipinski definition) is 4. The molecule has 144 valence electrons. The second-order valence-electron chi connectivity index (χ2n) is 6.33. The summed E-state index contributed by atoms with van der Waals surface area (Å²) < 4.78 is 5.89. The summed E-state index contributed by atoms with van der Waals surface area (Å²) in [6.45, 7) is 3.67. The Labute approximate surface area is 167 Å². The first-order valence-corrected chi connectivity index (χ1v) is 8.65. The van der Waals surface area contributed by atoms with Crippen LogP contribution in [0.2, 0.25) is 0 Å². The van der Waals surface area contributed by atoms with E-state index in [2.05, 4.69) is 10.3 Å². The molecule has 1 saturated heterocycles. The van der Waals surface area contributed by atoms with Gasteiger partial charge in [0.15, 0.2) is 11.7 Å². The van der Waals surface area contributed by atoms with Crippen molar-refractivity contribution in [2.24, 2.45) is 0 Å². The highest BCUT2D eigenvalue weighted by molar-refractivity contribution is 5.85. The third-order valence-electron chi connectivity index (χ3n) is 4.57. The summed E-state index contributed by atoms with van der Waals surface area (Å²) in [4.78, 5) is 19.0. The molecule has 2 heterocycles. The van der Waals surface area contributed by atoms with E-state index in [9.17, 15) is 4.79 Å². The van der Waals surface area contributed by atoms with Crippen LogP contribution in [-0.2, 0) is 11.2 Å². The van der Waals surface area contributed by atoms with Crippen LogP contribution in [0.5, 0.6) is 0 Å². The Kier molecular flexibility index (Phi) is 9.13. The summed E-state index contributed by atoms with van der Waals surface area (Å²) in [5.41, 5.74) is 1.89. The van der Waals surface area contributed by atoms with E-state index in [1.807, 2.05) is 49.2 Å². The number of aryl methyl sites for hydroxylation is 2. The summed E-state index contributed by atoms with van der Waals surface area (Å²) in [5, 5.41) is 3.17. The lowest BCUT2D eigenvalue weighted by Gasteiger charge is -2.24. The number of aromatic nitrogens is 1. The molecule has 26 heavy (non-hydrogen) atoms. The predicted molar refractivity (Wildman–Crippen MR) is 108 cm³/mol. The minimum absolute atomic E-state index is 0. The Morgan fingerprint density at radius 2 is 2.04 bits per heavy atom. The van der Waals surface area contributed by atoms with Gasteiger partial charge in [-0.2, -0.15) is 0 Å². The first-order valence-electron chi connectivity index (χ1n) is 8.65. The minimum atomic E-state index is 0. The number of rotatable bonds is 6. The van der Waals surface area contributed by atoms with E-state index in [4.69, 9.17) is 4.42 Å². The molecule has 1 unspecified atom stereocenters. The number of carbonyl (C=O) groups is 1. The second kappa shape index (κ2) is 10.6. The van der Waals surface area contributed by atoms with Crippen molar-refractivity contribution in [2.45, 2.75) is 38.6 Å². The van der Waals surface area contributed by atoms with Gasteiger partial charge in [0.1, 0.15) is 0 Å². The lowest BCUT2D eigenvalue weighted by atomic mass is 10.1. The van der Waals surface area contributed by atoms with Crippen molar-refractivity contribution in [2.75, 3.05) is 20.1 Å². The van der Waals surface area contributed by atoms with Gasteiger partial charge in [0, 0.05) is 37.5 Å². The van der Waals surface area contributed by atoms with Gasteiger partial charge in [-0.05, 0) is 26.8 Å². The van der Waals surface area contributed by atoms with Gasteiger partial charge in [-0.3, -0.25) is 4.79 Å². The molecule has 1 aromatic heterocycles. The number of likely N-dealkylation sites (N-methyl/N-ethyl adjacent to an activating group) is 1.